The number of rotatable bonds is 4. The van der Waals surface area contributed by atoms with Gasteiger partial charge in [0.2, 0.25) is 0 Å². The van der Waals surface area contributed by atoms with Crippen molar-refractivity contribution in [2.24, 2.45) is 5.92 Å². The molecule has 0 bridgehead atoms. The first kappa shape index (κ1) is 15.0. The van der Waals surface area contributed by atoms with Gasteiger partial charge in [-0.1, -0.05) is 0 Å². The lowest BCUT2D eigenvalue weighted by Gasteiger charge is -2.43. The fourth-order valence-electron chi connectivity index (χ4n) is 3.84. The summed E-state index contributed by atoms with van der Waals surface area (Å²) < 4.78 is 7.85. The van der Waals surface area contributed by atoms with E-state index in [0.29, 0.717) is 19.3 Å². The fourth-order valence-corrected chi connectivity index (χ4v) is 3.84. The zero-order valence-electron chi connectivity index (χ0n) is 13.2. The maximum absolute atomic E-state index is 10.7. The Bertz CT molecular complexity index is 472. The highest BCUT2D eigenvalue weighted by Gasteiger charge is 2.44. The van der Waals surface area contributed by atoms with Gasteiger partial charge in [0.25, 0.3) is 0 Å². The second-order valence-corrected chi connectivity index (χ2v) is 6.60. The molecule has 2 aliphatic rings. The van der Waals surface area contributed by atoms with Gasteiger partial charge in [-0.3, -0.25) is 4.90 Å². The lowest BCUT2D eigenvalue weighted by molar-refractivity contribution is -0.123. The monoisotopic (exact) mass is 293 g/mol. The Morgan fingerprint density at radius 2 is 2.38 bits per heavy atom. The van der Waals surface area contributed by atoms with E-state index in [1.165, 1.54) is 6.42 Å². The Hall–Kier alpha value is -0.910. The van der Waals surface area contributed by atoms with E-state index in [2.05, 4.69) is 21.4 Å². The molecule has 0 amide bonds. The predicted octanol–water partition coefficient (Wildman–Crippen LogP) is 1.65. The summed E-state index contributed by atoms with van der Waals surface area (Å²) in [6.45, 7) is 8.40. The summed E-state index contributed by atoms with van der Waals surface area (Å²) in [5.74, 6) is 1.33. The van der Waals surface area contributed by atoms with E-state index in [1.54, 1.807) is 0 Å². The van der Waals surface area contributed by atoms with Crippen molar-refractivity contribution in [1.82, 2.24) is 14.5 Å². The van der Waals surface area contributed by atoms with Crippen LogP contribution in [0.2, 0.25) is 0 Å². The molecular formula is C16H27N3O2. The van der Waals surface area contributed by atoms with Crippen LogP contribution in [0, 0.1) is 5.92 Å². The van der Waals surface area contributed by atoms with Crippen LogP contribution in [-0.4, -0.2) is 51.0 Å². The molecular weight excluding hydrogens is 266 g/mol. The van der Waals surface area contributed by atoms with E-state index >= 15 is 0 Å². The highest BCUT2D eigenvalue weighted by molar-refractivity contribution is 4.99. The van der Waals surface area contributed by atoms with Crippen molar-refractivity contribution in [1.29, 1.82) is 0 Å². The molecule has 3 unspecified atom stereocenters. The number of ether oxygens (including phenoxy) is 1. The minimum atomic E-state index is -0.605. The summed E-state index contributed by atoms with van der Waals surface area (Å²) >= 11 is 0. The highest BCUT2D eigenvalue weighted by Crippen LogP contribution is 2.36. The Labute approximate surface area is 126 Å². The quantitative estimate of drug-likeness (QED) is 0.917. The van der Waals surface area contributed by atoms with Crippen LogP contribution in [0.5, 0.6) is 0 Å². The minimum absolute atomic E-state index is 0.207. The van der Waals surface area contributed by atoms with Crippen LogP contribution in [-0.2, 0) is 17.8 Å². The van der Waals surface area contributed by atoms with Crippen molar-refractivity contribution in [2.45, 2.75) is 57.8 Å². The lowest BCUT2D eigenvalue weighted by Crippen LogP contribution is -2.52. The van der Waals surface area contributed by atoms with Gasteiger partial charge >= 0.3 is 0 Å². The number of likely N-dealkylation sites (tertiary alicyclic amines) is 1. The summed E-state index contributed by atoms with van der Waals surface area (Å²) in [7, 11) is 0. The van der Waals surface area contributed by atoms with Crippen LogP contribution in [0.1, 0.15) is 38.9 Å². The number of aromatic nitrogens is 2. The molecule has 21 heavy (non-hydrogen) atoms. The van der Waals surface area contributed by atoms with Crippen LogP contribution in [0.3, 0.4) is 0 Å². The van der Waals surface area contributed by atoms with Gasteiger partial charge in [0.15, 0.2) is 0 Å². The molecule has 0 aromatic carbocycles. The third kappa shape index (κ3) is 3.00. The van der Waals surface area contributed by atoms with Gasteiger partial charge in [-0.2, -0.15) is 0 Å². The van der Waals surface area contributed by atoms with E-state index in [-0.39, 0.29) is 5.92 Å². The van der Waals surface area contributed by atoms with Crippen LogP contribution in [0.25, 0.3) is 0 Å². The van der Waals surface area contributed by atoms with Gasteiger partial charge in [0, 0.05) is 37.5 Å². The summed E-state index contributed by atoms with van der Waals surface area (Å²) in [4.78, 5) is 6.98. The van der Waals surface area contributed by atoms with Crippen molar-refractivity contribution < 1.29 is 9.84 Å². The van der Waals surface area contributed by atoms with Gasteiger partial charge in [-0.05, 0) is 39.7 Å². The van der Waals surface area contributed by atoms with Crippen LogP contribution in [0.15, 0.2) is 12.4 Å². The molecule has 1 N–H and O–H groups in total. The van der Waals surface area contributed by atoms with Crippen molar-refractivity contribution >= 4 is 0 Å². The predicted molar refractivity (Wildman–Crippen MR) is 80.9 cm³/mol. The maximum atomic E-state index is 10.7. The normalized spacial score (nSPS) is 34.4. The molecule has 0 aliphatic carbocycles. The molecule has 0 spiro atoms. The van der Waals surface area contributed by atoms with Gasteiger partial charge in [-0.15, -0.1) is 0 Å². The smallest absolute Gasteiger partial charge is 0.122 e. The second-order valence-electron chi connectivity index (χ2n) is 6.60. The molecule has 2 saturated heterocycles. The molecule has 2 fully saturated rings. The molecule has 3 heterocycles. The fraction of sp³-hybridized carbons (Fsp3) is 0.812. The number of aryl methyl sites for hydroxylation is 1. The molecule has 2 aliphatic heterocycles. The van der Waals surface area contributed by atoms with Crippen LogP contribution >= 0.6 is 0 Å². The summed E-state index contributed by atoms with van der Waals surface area (Å²) in [6, 6.07) is 0.405. The van der Waals surface area contributed by atoms with Crippen LogP contribution in [0.4, 0.5) is 0 Å². The molecule has 3 rings (SSSR count). The van der Waals surface area contributed by atoms with E-state index in [9.17, 15) is 5.11 Å². The molecule has 1 aromatic heterocycles. The molecule has 3 atom stereocenters. The van der Waals surface area contributed by atoms with Gasteiger partial charge in [0.05, 0.1) is 18.8 Å². The Kier molecular flexibility index (Phi) is 4.33. The first-order valence-electron chi connectivity index (χ1n) is 8.16. The van der Waals surface area contributed by atoms with E-state index in [1.807, 2.05) is 19.3 Å². The zero-order chi connectivity index (χ0) is 14.9. The molecule has 5 heteroatoms. The zero-order valence-corrected chi connectivity index (χ0v) is 13.2. The largest absolute Gasteiger partial charge is 0.390 e. The molecule has 0 radical (unpaired) electrons. The standard InChI is InChI=1S/C16H27N3O2/c1-3-18-9-7-17-15(18)11-19-8-4-5-14(19)13-12-21-10-6-16(13,2)20/h7,9,13-14,20H,3-6,8,10-12H2,1-2H3. The second kappa shape index (κ2) is 6.07. The average molecular weight is 293 g/mol. The maximum Gasteiger partial charge on any atom is 0.122 e. The van der Waals surface area contributed by atoms with Crippen molar-refractivity contribution in [3.05, 3.63) is 18.2 Å². The minimum Gasteiger partial charge on any atom is -0.390 e. The number of nitrogens with zero attached hydrogens (tertiary/aromatic N) is 3. The van der Waals surface area contributed by atoms with Crippen molar-refractivity contribution in [2.75, 3.05) is 19.8 Å². The van der Waals surface area contributed by atoms with Gasteiger partial charge in [0.1, 0.15) is 5.82 Å². The first-order valence-corrected chi connectivity index (χ1v) is 8.16. The van der Waals surface area contributed by atoms with Gasteiger partial charge in [-0.25, -0.2) is 4.98 Å². The average Bonchev–Trinajstić information content (AvgIpc) is 3.08. The summed E-state index contributed by atoms with van der Waals surface area (Å²) in [6.07, 6.45) is 7.01. The first-order chi connectivity index (χ1) is 10.1. The molecule has 0 saturated carbocycles. The Morgan fingerprint density at radius 3 is 3.14 bits per heavy atom. The lowest BCUT2D eigenvalue weighted by atomic mass is 9.79. The number of aliphatic hydroxyl groups is 1. The van der Waals surface area contributed by atoms with E-state index in [0.717, 1.165) is 38.3 Å². The highest BCUT2D eigenvalue weighted by atomic mass is 16.5. The number of hydrogen-bond acceptors (Lipinski definition) is 4. The van der Waals surface area contributed by atoms with E-state index < -0.39 is 5.60 Å². The van der Waals surface area contributed by atoms with Crippen LogP contribution < -0.4 is 0 Å². The molecule has 1 aromatic rings. The number of hydrogen-bond donors (Lipinski definition) is 1. The van der Waals surface area contributed by atoms with Crippen molar-refractivity contribution in [3.63, 3.8) is 0 Å². The molecule has 5 nitrogen and oxygen atoms in total. The Morgan fingerprint density at radius 1 is 1.52 bits per heavy atom. The topological polar surface area (TPSA) is 50.5 Å². The Balaban J connectivity index is 1.73. The van der Waals surface area contributed by atoms with E-state index in [4.69, 9.17) is 4.74 Å². The SMILES string of the molecule is CCn1ccnc1CN1CCCC1C1COCCC1(C)O. The summed E-state index contributed by atoms with van der Waals surface area (Å²) in [5, 5.41) is 10.7. The van der Waals surface area contributed by atoms with Crippen molar-refractivity contribution in [3.8, 4) is 0 Å². The summed E-state index contributed by atoms with van der Waals surface area (Å²) in [5.41, 5.74) is -0.605. The third-order valence-electron chi connectivity index (χ3n) is 5.21. The molecule has 118 valence electrons. The third-order valence-corrected chi connectivity index (χ3v) is 5.21. The number of imidazole rings is 1. The van der Waals surface area contributed by atoms with Gasteiger partial charge < -0.3 is 14.4 Å².